The van der Waals surface area contributed by atoms with Gasteiger partial charge < -0.3 is 10.1 Å². The van der Waals surface area contributed by atoms with E-state index in [2.05, 4.69) is 28.6 Å². The van der Waals surface area contributed by atoms with Crippen LogP contribution in [0.2, 0.25) is 0 Å². The average molecular weight is 342 g/mol. The Labute approximate surface area is 146 Å². The molecule has 1 amide bonds. The molecule has 0 saturated heterocycles. The summed E-state index contributed by atoms with van der Waals surface area (Å²) in [5.41, 5.74) is 3.31. The molecule has 2 aliphatic rings. The van der Waals surface area contributed by atoms with Gasteiger partial charge in [-0.1, -0.05) is 0 Å². The van der Waals surface area contributed by atoms with Crippen molar-refractivity contribution in [2.45, 2.75) is 32.4 Å². The minimum Gasteiger partial charge on any atom is -0.493 e. The fourth-order valence-electron chi connectivity index (χ4n) is 3.45. The second-order valence-electron chi connectivity index (χ2n) is 6.57. The summed E-state index contributed by atoms with van der Waals surface area (Å²) >= 11 is 1.86. The third-order valence-corrected chi connectivity index (χ3v) is 5.99. The summed E-state index contributed by atoms with van der Waals surface area (Å²) in [6, 6.07) is 8.27. The van der Waals surface area contributed by atoms with E-state index in [1.165, 1.54) is 10.4 Å². The van der Waals surface area contributed by atoms with E-state index < -0.39 is 0 Å². The summed E-state index contributed by atoms with van der Waals surface area (Å²) in [7, 11) is 0. The smallest absolute Gasteiger partial charge is 0.251 e. The van der Waals surface area contributed by atoms with Crippen molar-refractivity contribution in [2.24, 2.45) is 0 Å². The van der Waals surface area contributed by atoms with Crippen molar-refractivity contribution < 1.29 is 9.53 Å². The minimum atomic E-state index is 0.00443. The molecule has 2 aliphatic heterocycles. The van der Waals surface area contributed by atoms with Crippen LogP contribution in [0.1, 0.15) is 33.3 Å². The molecular formula is C19H22N2O2S. The van der Waals surface area contributed by atoms with Gasteiger partial charge in [0.05, 0.1) is 6.61 Å². The molecule has 1 N–H and O–H groups in total. The van der Waals surface area contributed by atoms with Gasteiger partial charge in [-0.15, -0.1) is 11.3 Å². The van der Waals surface area contributed by atoms with Crippen LogP contribution in [-0.4, -0.2) is 36.5 Å². The summed E-state index contributed by atoms with van der Waals surface area (Å²) < 4.78 is 5.50. The van der Waals surface area contributed by atoms with E-state index in [0.717, 1.165) is 49.4 Å². The summed E-state index contributed by atoms with van der Waals surface area (Å²) in [6.45, 7) is 5.64. The monoisotopic (exact) mass is 342 g/mol. The van der Waals surface area contributed by atoms with Gasteiger partial charge in [0.15, 0.2) is 0 Å². The molecule has 0 bridgehead atoms. The lowest BCUT2D eigenvalue weighted by atomic mass is 10.1. The molecule has 3 heterocycles. The van der Waals surface area contributed by atoms with Gasteiger partial charge in [-0.05, 0) is 54.1 Å². The Hall–Kier alpha value is -1.85. The second kappa shape index (κ2) is 6.57. The van der Waals surface area contributed by atoms with Crippen LogP contribution in [0.25, 0.3) is 0 Å². The molecule has 0 spiro atoms. The molecule has 1 atom stereocenters. The first kappa shape index (κ1) is 15.7. The molecule has 1 aromatic heterocycles. The zero-order chi connectivity index (χ0) is 16.5. The third kappa shape index (κ3) is 3.06. The Morgan fingerprint density at radius 3 is 3.17 bits per heavy atom. The molecule has 4 rings (SSSR count). The van der Waals surface area contributed by atoms with Crippen molar-refractivity contribution >= 4 is 17.2 Å². The maximum absolute atomic E-state index is 12.4. The zero-order valence-electron chi connectivity index (χ0n) is 13.9. The molecule has 1 aromatic carbocycles. The lowest BCUT2D eigenvalue weighted by Gasteiger charge is -2.32. The molecule has 2 aromatic rings. The van der Waals surface area contributed by atoms with E-state index in [9.17, 15) is 4.79 Å². The van der Waals surface area contributed by atoms with Crippen molar-refractivity contribution in [3.63, 3.8) is 0 Å². The van der Waals surface area contributed by atoms with E-state index in [1.807, 2.05) is 29.5 Å². The van der Waals surface area contributed by atoms with Crippen molar-refractivity contribution in [1.29, 1.82) is 0 Å². The number of benzene rings is 1. The fraction of sp³-hybridized carbons (Fsp3) is 0.421. The highest BCUT2D eigenvalue weighted by Crippen LogP contribution is 2.26. The number of carbonyl (C=O) groups excluding carboxylic acids is 1. The predicted octanol–water partition coefficient (Wildman–Crippen LogP) is 2.86. The van der Waals surface area contributed by atoms with Crippen LogP contribution in [-0.2, 0) is 19.4 Å². The number of ether oxygens (including phenoxy) is 1. The average Bonchev–Trinajstić information content (AvgIpc) is 3.26. The quantitative estimate of drug-likeness (QED) is 0.929. The molecule has 24 heavy (non-hydrogen) atoms. The summed E-state index contributed by atoms with van der Waals surface area (Å²) in [5.74, 6) is 0.921. The number of nitrogens with zero attached hydrogens (tertiary/aromatic N) is 1. The van der Waals surface area contributed by atoms with Gasteiger partial charge in [-0.3, -0.25) is 9.69 Å². The van der Waals surface area contributed by atoms with E-state index in [1.54, 1.807) is 0 Å². The maximum Gasteiger partial charge on any atom is 0.251 e. The molecule has 4 nitrogen and oxygen atoms in total. The number of hydrogen-bond acceptors (Lipinski definition) is 4. The second-order valence-corrected chi connectivity index (χ2v) is 7.57. The van der Waals surface area contributed by atoms with Gasteiger partial charge in [0, 0.05) is 42.5 Å². The minimum absolute atomic E-state index is 0.00443. The highest BCUT2D eigenvalue weighted by atomic mass is 32.1. The fourth-order valence-corrected chi connectivity index (χ4v) is 4.34. The first-order chi connectivity index (χ1) is 11.7. The standard InChI is InChI=1S/C19H22N2O2S/c1-13(21-7-4-18-16(12-21)6-9-24-18)11-20-19(22)15-2-3-17-14(10-15)5-8-23-17/h2-3,6,9-10,13H,4-5,7-8,11-12H2,1H3,(H,20,22)/t13-/m0/s1. The SMILES string of the molecule is C[C@@H](CNC(=O)c1ccc2c(c1)CCO2)N1CCc2sccc2C1. The molecule has 0 fully saturated rings. The number of thiophene rings is 1. The lowest BCUT2D eigenvalue weighted by Crippen LogP contribution is -2.44. The predicted molar refractivity (Wildman–Crippen MR) is 95.9 cm³/mol. The number of amides is 1. The van der Waals surface area contributed by atoms with Gasteiger partial charge in [0.25, 0.3) is 5.91 Å². The Balaban J connectivity index is 1.34. The molecule has 5 heteroatoms. The largest absolute Gasteiger partial charge is 0.493 e. The van der Waals surface area contributed by atoms with Crippen LogP contribution in [0.5, 0.6) is 5.75 Å². The maximum atomic E-state index is 12.4. The topological polar surface area (TPSA) is 41.6 Å². The highest BCUT2D eigenvalue weighted by molar-refractivity contribution is 7.10. The first-order valence-corrected chi connectivity index (χ1v) is 9.42. The Morgan fingerprint density at radius 2 is 2.25 bits per heavy atom. The van der Waals surface area contributed by atoms with Crippen LogP contribution in [0.3, 0.4) is 0 Å². The molecule has 0 saturated carbocycles. The summed E-state index contributed by atoms with van der Waals surface area (Å²) in [4.78, 5) is 16.4. The van der Waals surface area contributed by atoms with Crippen LogP contribution < -0.4 is 10.1 Å². The number of hydrogen-bond donors (Lipinski definition) is 1. The van der Waals surface area contributed by atoms with Crippen molar-refractivity contribution in [2.75, 3.05) is 19.7 Å². The molecular weight excluding hydrogens is 320 g/mol. The van der Waals surface area contributed by atoms with E-state index >= 15 is 0 Å². The van der Waals surface area contributed by atoms with Gasteiger partial charge >= 0.3 is 0 Å². The van der Waals surface area contributed by atoms with Crippen molar-refractivity contribution in [1.82, 2.24) is 10.2 Å². The normalized spacial score (nSPS) is 17.7. The number of carbonyl (C=O) groups is 1. The molecule has 0 unspecified atom stereocenters. The molecule has 0 radical (unpaired) electrons. The van der Waals surface area contributed by atoms with Crippen LogP contribution in [0.15, 0.2) is 29.6 Å². The van der Waals surface area contributed by atoms with Crippen LogP contribution >= 0.6 is 11.3 Å². The molecule has 126 valence electrons. The van der Waals surface area contributed by atoms with Gasteiger partial charge in [0.2, 0.25) is 0 Å². The van der Waals surface area contributed by atoms with Crippen LogP contribution in [0.4, 0.5) is 0 Å². The summed E-state index contributed by atoms with van der Waals surface area (Å²) in [6.07, 6.45) is 2.01. The van der Waals surface area contributed by atoms with E-state index in [0.29, 0.717) is 12.6 Å². The van der Waals surface area contributed by atoms with Gasteiger partial charge in [-0.25, -0.2) is 0 Å². The van der Waals surface area contributed by atoms with E-state index in [-0.39, 0.29) is 5.91 Å². The highest BCUT2D eigenvalue weighted by Gasteiger charge is 2.22. The van der Waals surface area contributed by atoms with Crippen LogP contribution in [0, 0.1) is 0 Å². The van der Waals surface area contributed by atoms with E-state index in [4.69, 9.17) is 4.74 Å². The number of fused-ring (bicyclic) bond motifs is 2. The zero-order valence-corrected chi connectivity index (χ0v) is 14.7. The third-order valence-electron chi connectivity index (χ3n) is 4.97. The first-order valence-electron chi connectivity index (χ1n) is 8.54. The molecule has 0 aliphatic carbocycles. The number of rotatable bonds is 4. The Kier molecular flexibility index (Phi) is 4.29. The Bertz CT molecular complexity index is 756. The number of nitrogens with one attached hydrogen (secondary N) is 1. The lowest BCUT2D eigenvalue weighted by molar-refractivity contribution is 0.0932. The summed E-state index contributed by atoms with van der Waals surface area (Å²) in [5, 5.41) is 5.26. The van der Waals surface area contributed by atoms with Crippen molar-refractivity contribution in [3.8, 4) is 5.75 Å². The Morgan fingerprint density at radius 1 is 1.33 bits per heavy atom. The van der Waals surface area contributed by atoms with Gasteiger partial charge in [-0.2, -0.15) is 0 Å². The van der Waals surface area contributed by atoms with Gasteiger partial charge in [0.1, 0.15) is 5.75 Å². The van der Waals surface area contributed by atoms with Crippen molar-refractivity contribution in [3.05, 3.63) is 51.2 Å².